The van der Waals surface area contributed by atoms with Gasteiger partial charge in [0, 0.05) is 11.1 Å². The third-order valence-corrected chi connectivity index (χ3v) is 4.23. The predicted octanol–water partition coefficient (Wildman–Crippen LogP) is 2.86. The van der Waals surface area contributed by atoms with Crippen LogP contribution in [0, 0.1) is 0 Å². The normalized spacial score (nSPS) is 14.0. The summed E-state index contributed by atoms with van der Waals surface area (Å²) in [5.74, 6) is -0.737. The number of hydrogen-bond donors (Lipinski definition) is 0. The third kappa shape index (κ3) is 0.844. The minimum absolute atomic E-state index is 0.368. The first-order valence-electron chi connectivity index (χ1n) is 4.03. The van der Waals surface area contributed by atoms with Crippen LogP contribution >= 0.6 is 22.7 Å². The molecule has 0 amide bonds. The number of hydrogen-bond acceptors (Lipinski definition) is 4. The van der Waals surface area contributed by atoms with Crippen LogP contribution in [0.5, 0.6) is 0 Å². The topological polar surface area (TPSA) is 34.1 Å². The lowest BCUT2D eigenvalue weighted by molar-refractivity contribution is 0.0816. The van der Waals surface area contributed by atoms with E-state index in [9.17, 15) is 9.59 Å². The highest BCUT2D eigenvalue weighted by atomic mass is 32.1. The van der Waals surface area contributed by atoms with Gasteiger partial charge >= 0.3 is 0 Å². The minimum Gasteiger partial charge on any atom is -0.285 e. The van der Waals surface area contributed by atoms with Gasteiger partial charge in [-0.1, -0.05) is 0 Å². The lowest BCUT2D eigenvalue weighted by Crippen LogP contribution is -2.18. The van der Waals surface area contributed by atoms with E-state index in [1.165, 1.54) is 22.7 Å². The van der Waals surface area contributed by atoms with Gasteiger partial charge in [-0.05, 0) is 22.9 Å². The first-order valence-corrected chi connectivity index (χ1v) is 5.79. The molecule has 0 unspecified atom stereocenters. The van der Waals surface area contributed by atoms with E-state index in [1.54, 1.807) is 12.1 Å². The highest BCUT2D eigenvalue weighted by molar-refractivity contribution is 7.21. The quantitative estimate of drug-likeness (QED) is 0.640. The van der Waals surface area contributed by atoms with Gasteiger partial charge in [-0.2, -0.15) is 0 Å². The molecule has 3 rings (SSSR count). The molecule has 1 aliphatic rings. The van der Waals surface area contributed by atoms with Gasteiger partial charge < -0.3 is 0 Å². The van der Waals surface area contributed by atoms with Crippen molar-refractivity contribution in [3.8, 4) is 9.75 Å². The molecule has 0 radical (unpaired) electrons. The van der Waals surface area contributed by atoms with Gasteiger partial charge in [0.25, 0.3) is 0 Å². The highest BCUT2D eigenvalue weighted by Gasteiger charge is 2.31. The van der Waals surface area contributed by atoms with E-state index in [-0.39, 0.29) is 11.6 Å². The van der Waals surface area contributed by atoms with Gasteiger partial charge in [-0.15, -0.1) is 22.7 Å². The van der Waals surface area contributed by atoms with Crippen molar-refractivity contribution in [3.63, 3.8) is 0 Å². The summed E-state index contributed by atoms with van der Waals surface area (Å²) in [4.78, 5) is 25.1. The second kappa shape index (κ2) is 2.62. The fraction of sp³-hybridized carbons (Fsp3) is 0. The van der Waals surface area contributed by atoms with Crippen molar-refractivity contribution in [1.29, 1.82) is 0 Å². The van der Waals surface area contributed by atoms with Crippen molar-refractivity contribution >= 4 is 34.2 Å². The lowest BCUT2D eigenvalue weighted by atomic mass is 9.96. The zero-order chi connectivity index (χ0) is 9.71. The number of carbonyl (C=O) groups is 2. The molecule has 2 nitrogen and oxygen atoms in total. The van der Waals surface area contributed by atoms with Crippen LogP contribution in [0.15, 0.2) is 22.9 Å². The number of carbonyl (C=O) groups excluding carboxylic acids is 2. The van der Waals surface area contributed by atoms with Crippen molar-refractivity contribution in [2.75, 3.05) is 0 Å². The van der Waals surface area contributed by atoms with E-state index >= 15 is 0 Å². The standard InChI is InChI=1S/C10H4O2S2/c11-7-5-1-3-13-9(5)10-6(8(7)12)2-4-14-10/h1-4H. The number of ketones is 2. The Kier molecular flexibility index (Phi) is 1.51. The molecule has 2 aromatic heterocycles. The maximum atomic E-state index is 11.6. The van der Waals surface area contributed by atoms with Gasteiger partial charge in [0.05, 0.1) is 9.75 Å². The lowest BCUT2D eigenvalue weighted by Gasteiger charge is -2.08. The molecule has 0 N–H and O–H groups in total. The smallest absolute Gasteiger partial charge is 0.235 e. The largest absolute Gasteiger partial charge is 0.285 e. The zero-order valence-corrected chi connectivity index (χ0v) is 8.58. The second-order valence-corrected chi connectivity index (χ2v) is 4.82. The van der Waals surface area contributed by atoms with E-state index in [2.05, 4.69) is 0 Å². The molecular formula is C10H4O2S2. The molecule has 0 spiro atoms. The molecule has 0 saturated carbocycles. The van der Waals surface area contributed by atoms with Gasteiger partial charge in [0.1, 0.15) is 0 Å². The molecule has 2 heterocycles. The maximum Gasteiger partial charge on any atom is 0.235 e. The van der Waals surface area contributed by atoms with E-state index in [1.807, 2.05) is 10.8 Å². The van der Waals surface area contributed by atoms with E-state index in [4.69, 9.17) is 0 Å². The predicted molar refractivity (Wildman–Crippen MR) is 56.3 cm³/mol. The van der Waals surface area contributed by atoms with Crippen LogP contribution in [-0.4, -0.2) is 11.6 Å². The fourth-order valence-electron chi connectivity index (χ4n) is 1.57. The molecule has 0 aromatic carbocycles. The molecular weight excluding hydrogens is 216 g/mol. The average Bonchev–Trinajstić information content (AvgIpc) is 2.80. The maximum absolute atomic E-state index is 11.6. The third-order valence-electron chi connectivity index (χ3n) is 2.23. The van der Waals surface area contributed by atoms with E-state index < -0.39 is 0 Å². The molecule has 4 heteroatoms. The van der Waals surface area contributed by atoms with Crippen LogP contribution in [0.2, 0.25) is 0 Å². The SMILES string of the molecule is O=C1C(=O)c2ccsc2-c2sccc21. The van der Waals surface area contributed by atoms with Gasteiger partial charge in [-0.3, -0.25) is 9.59 Å². The summed E-state index contributed by atoms with van der Waals surface area (Å²) in [5.41, 5.74) is 1.13. The van der Waals surface area contributed by atoms with Crippen LogP contribution in [0.25, 0.3) is 9.75 Å². The van der Waals surface area contributed by atoms with Crippen LogP contribution in [0.1, 0.15) is 20.7 Å². The molecule has 2 aromatic rings. The molecule has 0 atom stereocenters. The van der Waals surface area contributed by atoms with Crippen molar-refractivity contribution in [1.82, 2.24) is 0 Å². The van der Waals surface area contributed by atoms with E-state index in [0.717, 1.165) is 9.75 Å². The van der Waals surface area contributed by atoms with Gasteiger partial charge in [0.2, 0.25) is 11.6 Å². The first-order chi connectivity index (χ1) is 6.79. The number of fused-ring (bicyclic) bond motifs is 3. The first kappa shape index (κ1) is 8.08. The summed E-state index contributed by atoms with van der Waals surface area (Å²) in [6.45, 7) is 0. The van der Waals surface area contributed by atoms with E-state index in [0.29, 0.717) is 11.1 Å². The Labute approximate surface area is 87.8 Å². The van der Waals surface area contributed by atoms with Crippen LogP contribution in [0.3, 0.4) is 0 Å². The average molecular weight is 220 g/mol. The number of thiophene rings is 2. The van der Waals surface area contributed by atoms with Crippen LogP contribution in [-0.2, 0) is 0 Å². The number of Topliss-reactive ketones (excluding diaryl/α,β-unsaturated/α-hetero) is 2. The Bertz CT molecular complexity index is 498. The Morgan fingerprint density at radius 3 is 1.64 bits per heavy atom. The van der Waals surface area contributed by atoms with Crippen molar-refractivity contribution in [2.24, 2.45) is 0 Å². The summed E-state index contributed by atoms with van der Waals surface area (Å²) >= 11 is 3.03. The second-order valence-electron chi connectivity index (χ2n) is 2.99. The Hall–Kier alpha value is -1.26. The van der Waals surface area contributed by atoms with Crippen molar-refractivity contribution in [3.05, 3.63) is 34.0 Å². The van der Waals surface area contributed by atoms with Gasteiger partial charge in [-0.25, -0.2) is 0 Å². The Morgan fingerprint density at radius 1 is 0.786 bits per heavy atom. The summed E-state index contributed by atoms with van der Waals surface area (Å²) in [6, 6.07) is 3.45. The summed E-state index contributed by atoms with van der Waals surface area (Å²) in [6.07, 6.45) is 0. The van der Waals surface area contributed by atoms with Crippen LogP contribution < -0.4 is 0 Å². The highest BCUT2D eigenvalue weighted by Crippen LogP contribution is 2.40. The molecule has 0 aliphatic heterocycles. The Morgan fingerprint density at radius 2 is 1.21 bits per heavy atom. The molecule has 0 bridgehead atoms. The van der Waals surface area contributed by atoms with Crippen LogP contribution in [0.4, 0.5) is 0 Å². The summed E-state index contributed by atoms with van der Waals surface area (Å²) in [5, 5.41) is 3.70. The fourth-order valence-corrected chi connectivity index (χ4v) is 3.55. The molecule has 0 saturated heterocycles. The molecule has 1 aliphatic carbocycles. The monoisotopic (exact) mass is 220 g/mol. The molecule has 68 valence electrons. The molecule has 14 heavy (non-hydrogen) atoms. The number of rotatable bonds is 0. The van der Waals surface area contributed by atoms with Gasteiger partial charge in [0.15, 0.2) is 0 Å². The van der Waals surface area contributed by atoms with Crippen molar-refractivity contribution < 1.29 is 9.59 Å². The zero-order valence-electron chi connectivity index (χ0n) is 6.94. The Balaban J connectivity index is 2.43. The minimum atomic E-state index is -0.368. The molecule has 0 fully saturated rings. The summed E-state index contributed by atoms with van der Waals surface area (Å²) in [7, 11) is 0. The van der Waals surface area contributed by atoms with Crippen molar-refractivity contribution in [2.45, 2.75) is 0 Å². The summed E-state index contributed by atoms with van der Waals surface area (Å²) < 4.78 is 0.